The van der Waals surface area contributed by atoms with Gasteiger partial charge in [0.15, 0.2) is 0 Å². The van der Waals surface area contributed by atoms with Crippen LogP contribution in [0, 0.1) is 10.1 Å². The number of hydrogen-bond acceptors (Lipinski definition) is 3. The topological polar surface area (TPSA) is 52.4 Å². The fourth-order valence-electron chi connectivity index (χ4n) is 0.567. The first-order chi connectivity index (χ1) is 4.82. The summed E-state index contributed by atoms with van der Waals surface area (Å²) >= 11 is 0. The van der Waals surface area contributed by atoms with Gasteiger partial charge in [0.25, 0.3) is 0 Å². The van der Waals surface area contributed by atoms with E-state index in [-0.39, 0.29) is 0 Å². The monoisotopic (exact) mass is 181 g/mol. The van der Waals surface area contributed by atoms with Crippen LogP contribution in [0.3, 0.4) is 0 Å². The number of hydrogen-bond donors (Lipinski definition) is 0. The molecule has 4 nitrogen and oxygen atoms in total. The molecule has 0 aromatic carbocycles. The van der Waals surface area contributed by atoms with Gasteiger partial charge in [0.2, 0.25) is 0 Å². The van der Waals surface area contributed by atoms with Gasteiger partial charge < -0.3 is 0 Å². The van der Waals surface area contributed by atoms with Crippen LogP contribution in [0.4, 0.5) is 0 Å². The molecule has 0 N–H and O–H groups in total. The Balaban J connectivity index is 4.45. The van der Waals surface area contributed by atoms with E-state index in [9.17, 15) is 10.1 Å². The molecule has 0 spiro atoms. The molecule has 5 heteroatoms. The molecule has 0 atom stereocenters. The van der Waals surface area contributed by atoms with Crippen LogP contribution >= 0.6 is 6.83 Å². The first kappa shape index (κ1) is 10.6. The van der Waals surface area contributed by atoms with Gasteiger partial charge in [-0.05, 0) is 0 Å². The molecule has 0 bridgehead atoms. The van der Waals surface area contributed by atoms with Crippen molar-refractivity contribution in [2.24, 2.45) is 0 Å². The molecule has 0 heterocycles. The van der Waals surface area contributed by atoms with Crippen molar-refractivity contribution in [1.29, 1.82) is 0 Å². The zero-order valence-electron chi connectivity index (χ0n) is 7.53. The van der Waals surface area contributed by atoms with Crippen molar-refractivity contribution in [1.82, 2.24) is 0 Å². The first-order valence-electron chi connectivity index (χ1n) is 3.67. The Morgan fingerprint density at radius 3 is 1.82 bits per heavy atom. The predicted octanol–water partition coefficient (Wildman–Crippen LogP) is 1.96. The predicted molar refractivity (Wildman–Crippen MR) is 47.9 cm³/mol. The second kappa shape index (κ2) is 2.94. The summed E-state index contributed by atoms with van der Waals surface area (Å²) in [4.78, 5) is 10.2. The first-order valence-corrected chi connectivity index (χ1v) is 7.09. The molecule has 11 heavy (non-hydrogen) atoms. The van der Waals surface area contributed by atoms with E-state index >= 15 is 0 Å². The van der Waals surface area contributed by atoms with Gasteiger partial charge in [-0.15, -0.1) is 0 Å². The molecular weight excluding hydrogens is 165 g/mol. The average Bonchev–Trinajstić information content (AvgIpc) is 1.87. The fraction of sp³-hybridized carbons (Fsp3) is 1.00. The quantitative estimate of drug-likeness (QED) is 0.378. The molecule has 0 aromatic heterocycles. The standard InChI is InChI=1S/C6H16NO3P/c1-5-11(3,4,6-2)10-7(8)9/h5-6H2,1-4H3. The normalized spacial score (nSPS) is 15.1. The summed E-state index contributed by atoms with van der Waals surface area (Å²) in [5.41, 5.74) is 0. The minimum atomic E-state index is -2.42. The molecule has 0 rings (SSSR count). The molecule has 68 valence electrons. The molecule has 0 saturated heterocycles. The Kier molecular flexibility index (Phi) is 2.84. The van der Waals surface area contributed by atoms with Crippen molar-refractivity contribution in [2.75, 3.05) is 25.7 Å². The van der Waals surface area contributed by atoms with Crippen LogP contribution in [0.15, 0.2) is 0 Å². The average molecular weight is 181 g/mol. The van der Waals surface area contributed by atoms with Gasteiger partial charge in [-0.25, -0.2) is 0 Å². The molecule has 0 aliphatic rings. The van der Waals surface area contributed by atoms with E-state index in [0.717, 1.165) is 12.3 Å². The summed E-state index contributed by atoms with van der Waals surface area (Å²) in [6, 6.07) is 0. The summed E-state index contributed by atoms with van der Waals surface area (Å²) in [5.74, 6) is 0. The van der Waals surface area contributed by atoms with Crippen LogP contribution in [0.2, 0.25) is 0 Å². The molecule has 0 unspecified atom stereocenters. The van der Waals surface area contributed by atoms with Crippen LogP contribution in [-0.4, -0.2) is 30.7 Å². The Morgan fingerprint density at radius 1 is 1.36 bits per heavy atom. The van der Waals surface area contributed by atoms with Gasteiger partial charge in [-0.2, -0.15) is 0 Å². The molecular formula is C6H16NO3P. The molecule has 0 fully saturated rings. The molecule has 0 aromatic rings. The van der Waals surface area contributed by atoms with E-state index in [1.807, 2.05) is 27.2 Å². The van der Waals surface area contributed by atoms with E-state index in [4.69, 9.17) is 4.62 Å². The van der Waals surface area contributed by atoms with Gasteiger partial charge in [-0.1, -0.05) is 0 Å². The van der Waals surface area contributed by atoms with Gasteiger partial charge in [-0.3, -0.25) is 0 Å². The second-order valence-electron chi connectivity index (χ2n) is 3.50. The summed E-state index contributed by atoms with van der Waals surface area (Å²) in [6.07, 6.45) is 1.51. The Bertz CT molecular complexity index is 161. The van der Waals surface area contributed by atoms with E-state index in [1.54, 1.807) is 0 Å². The van der Waals surface area contributed by atoms with Gasteiger partial charge in [0.1, 0.15) is 0 Å². The Labute approximate surface area is 67.0 Å². The van der Waals surface area contributed by atoms with E-state index in [1.165, 1.54) is 0 Å². The summed E-state index contributed by atoms with van der Waals surface area (Å²) in [6.45, 7) is 5.22. The zero-order valence-corrected chi connectivity index (χ0v) is 8.43. The second-order valence-corrected chi connectivity index (χ2v) is 10.0. The number of rotatable bonds is 4. The van der Waals surface area contributed by atoms with Crippen LogP contribution in [0.5, 0.6) is 0 Å². The van der Waals surface area contributed by atoms with Gasteiger partial charge in [0, 0.05) is 0 Å². The van der Waals surface area contributed by atoms with Crippen molar-refractivity contribution in [3.63, 3.8) is 0 Å². The maximum atomic E-state index is 10.2. The Morgan fingerprint density at radius 2 is 1.73 bits per heavy atom. The third-order valence-corrected chi connectivity index (χ3v) is 6.95. The minimum absolute atomic E-state index is 0.662. The SMILES string of the molecule is CCP(C)(C)(CC)O[N+](=O)[O-]. The van der Waals surface area contributed by atoms with Gasteiger partial charge in [0.05, 0.1) is 0 Å². The summed E-state index contributed by atoms with van der Waals surface area (Å²) < 4.78 is 4.78. The fourth-order valence-corrected chi connectivity index (χ4v) is 1.70. The van der Waals surface area contributed by atoms with Crippen molar-refractivity contribution in [3.05, 3.63) is 10.1 Å². The van der Waals surface area contributed by atoms with Crippen molar-refractivity contribution >= 4 is 6.83 Å². The van der Waals surface area contributed by atoms with Crippen molar-refractivity contribution < 1.29 is 9.71 Å². The molecule has 0 aliphatic heterocycles. The van der Waals surface area contributed by atoms with Crippen molar-refractivity contribution in [3.8, 4) is 0 Å². The van der Waals surface area contributed by atoms with Crippen LogP contribution in [-0.2, 0) is 4.62 Å². The third-order valence-electron chi connectivity index (χ3n) is 2.32. The van der Waals surface area contributed by atoms with E-state index in [0.29, 0.717) is 0 Å². The number of nitrogens with zero attached hydrogens (tertiary/aromatic N) is 1. The molecule has 0 amide bonds. The summed E-state index contributed by atoms with van der Waals surface area (Å²) in [5, 5.41) is 9.49. The van der Waals surface area contributed by atoms with Gasteiger partial charge >= 0.3 is 66.2 Å². The molecule has 0 aliphatic carbocycles. The molecule has 0 radical (unpaired) electrons. The zero-order chi connectivity index (χ0) is 9.15. The van der Waals surface area contributed by atoms with Crippen LogP contribution in [0.25, 0.3) is 0 Å². The van der Waals surface area contributed by atoms with Crippen LogP contribution < -0.4 is 0 Å². The maximum absolute atomic E-state index is 10.2. The van der Waals surface area contributed by atoms with E-state index in [2.05, 4.69) is 0 Å². The third kappa shape index (κ3) is 3.02. The van der Waals surface area contributed by atoms with E-state index < -0.39 is 11.9 Å². The molecule has 0 saturated carbocycles. The Hall–Kier alpha value is -0.370. The van der Waals surface area contributed by atoms with Crippen molar-refractivity contribution in [2.45, 2.75) is 13.8 Å². The van der Waals surface area contributed by atoms with Crippen LogP contribution in [0.1, 0.15) is 13.8 Å². The summed E-state index contributed by atoms with van der Waals surface area (Å²) in [7, 11) is 0.